The molecule has 47 heavy (non-hydrogen) atoms. The van der Waals surface area contributed by atoms with Gasteiger partial charge < -0.3 is 4.90 Å². The summed E-state index contributed by atoms with van der Waals surface area (Å²) >= 11 is 0. The van der Waals surface area contributed by atoms with Crippen LogP contribution in [0.5, 0.6) is 0 Å². The van der Waals surface area contributed by atoms with Gasteiger partial charge in [0.25, 0.3) is 0 Å². The molecule has 3 heteroatoms. The fraction of sp³-hybridized carbons (Fsp3) is 0.0909. The largest absolute Gasteiger partial charge is 0.311 e. The lowest BCUT2D eigenvalue weighted by molar-refractivity contribution is 0.795. The van der Waals surface area contributed by atoms with Crippen LogP contribution in [-0.2, 0) is 6.42 Å². The summed E-state index contributed by atoms with van der Waals surface area (Å²) < 4.78 is 0. The number of nitrogens with zero attached hydrogens (tertiary/aromatic N) is 3. The van der Waals surface area contributed by atoms with Gasteiger partial charge in [-0.25, -0.2) is 0 Å². The first-order chi connectivity index (χ1) is 23.2. The van der Waals surface area contributed by atoms with E-state index in [4.69, 9.17) is 0 Å². The second-order valence-corrected chi connectivity index (χ2v) is 11.8. The minimum absolute atomic E-state index is 1.11. The Balaban J connectivity index is 1.21. The first-order valence-corrected chi connectivity index (χ1v) is 16.4. The van der Waals surface area contributed by atoms with Gasteiger partial charge in [0, 0.05) is 53.0 Å². The molecule has 0 aliphatic carbocycles. The van der Waals surface area contributed by atoms with Crippen molar-refractivity contribution in [2.75, 3.05) is 4.90 Å². The molecule has 0 fully saturated rings. The fourth-order valence-electron chi connectivity index (χ4n) is 6.07. The number of hydrogen-bond acceptors (Lipinski definition) is 3. The average molecular weight is 608 g/mol. The van der Waals surface area contributed by atoms with E-state index in [1.54, 1.807) is 0 Å². The normalized spacial score (nSPS) is 10.9. The van der Waals surface area contributed by atoms with E-state index < -0.39 is 0 Å². The Kier molecular flexibility index (Phi) is 8.96. The maximum atomic E-state index is 4.30. The Labute approximate surface area is 277 Å². The van der Waals surface area contributed by atoms with Gasteiger partial charge in [-0.2, -0.15) is 0 Å². The van der Waals surface area contributed by atoms with Gasteiger partial charge in [0.1, 0.15) is 0 Å². The van der Waals surface area contributed by atoms with Crippen LogP contribution in [0.3, 0.4) is 0 Å². The summed E-state index contributed by atoms with van der Waals surface area (Å²) in [5.41, 5.74) is 14.0. The first-order valence-electron chi connectivity index (χ1n) is 16.4. The van der Waals surface area contributed by atoms with Gasteiger partial charge in [-0.1, -0.05) is 98.3 Å². The molecule has 0 atom stereocenters. The van der Waals surface area contributed by atoms with E-state index in [0.29, 0.717) is 0 Å². The van der Waals surface area contributed by atoms with Gasteiger partial charge in [0.15, 0.2) is 0 Å². The molecule has 2 heterocycles. The molecule has 0 unspecified atom stereocenters. The SMILES string of the molecule is CCCCc1ccc(N(c2ccc(-c3cccc(-c4cccnc4)c3)cc2)c2ccc(-c3cccc(-c4cccnc4)c3)cc2)cc1. The number of aromatic nitrogens is 2. The zero-order chi connectivity index (χ0) is 31.8. The molecule has 0 bridgehead atoms. The summed E-state index contributed by atoms with van der Waals surface area (Å²) in [6.07, 6.45) is 11.0. The van der Waals surface area contributed by atoms with Gasteiger partial charge in [0.2, 0.25) is 0 Å². The van der Waals surface area contributed by atoms with Crippen molar-refractivity contribution in [2.45, 2.75) is 26.2 Å². The highest BCUT2D eigenvalue weighted by atomic mass is 15.1. The third-order valence-electron chi connectivity index (χ3n) is 8.65. The monoisotopic (exact) mass is 607 g/mol. The molecule has 0 saturated carbocycles. The van der Waals surface area contributed by atoms with Crippen LogP contribution in [0.15, 0.2) is 170 Å². The van der Waals surface area contributed by atoms with Gasteiger partial charge in [0.05, 0.1) is 0 Å². The van der Waals surface area contributed by atoms with E-state index in [1.807, 2.05) is 36.9 Å². The maximum Gasteiger partial charge on any atom is 0.0462 e. The van der Waals surface area contributed by atoms with Crippen molar-refractivity contribution in [1.29, 1.82) is 0 Å². The average Bonchev–Trinajstić information content (AvgIpc) is 3.16. The minimum Gasteiger partial charge on any atom is -0.311 e. The zero-order valence-electron chi connectivity index (χ0n) is 26.6. The summed E-state index contributed by atoms with van der Waals surface area (Å²) in [6, 6.07) is 52.3. The predicted octanol–water partition coefficient (Wildman–Crippen LogP) is 12.0. The lowest BCUT2D eigenvalue weighted by Crippen LogP contribution is -2.10. The van der Waals surface area contributed by atoms with Crippen molar-refractivity contribution in [3.8, 4) is 44.5 Å². The van der Waals surface area contributed by atoms with Crippen LogP contribution < -0.4 is 4.90 Å². The van der Waals surface area contributed by atoms with Crippen molar-refractivity contribution in [3.63, 3.8) is 0 Å². The van der Waals surface area contributed by atoms with E-state index in [2.05, 4.69) is 155 Å². The molecule has 7 rings (SSSR count). The molecule has 0 N–H and O–H groups in total. The smallest absolute Gasteiger partial charge is 0.0462 e. The Hall–Kier alpha value is -5.80. The Morgan fingerprint density at radius 3 is 1.23 bits per heavy atom. The number of unbranched alkanes of at least 4 members (excludes halogenated alkanes) is 1. The van der Waals surface area contributed by atoms with Crippen molar-refractivity contribution in [2.24, 2.45) is 0 Å². The highest BCUT2D eigenvalue weighted by Crippen LogP contribution is 2.37. The quantitative estimate of drug-likeness (QED) is 0.155. The Morgan fingerprint density at radius 1 is 0.426 bits per heavy atom. The number of anilines is 3. The molecule has 0 aliphatic rings. The maximum absolute atomic E-state index is 4.30. The van der Waals surface area contributed by atoms with Crippen molar-refractivity contribution < 1.29 is 0 Å². The van der Waals surface area contributed by atoms with E-state index in [0.717, 1.165) is 45.7 Å². The summed E-state index contributed by atoms with van der Waals surface area (Å²) in [7, 11) is 0. The van der Waals surface area contributed by atoms with Crippen LogP contribution in [0.4, 0.5) is 17.1 Å². The summed E-state index contributed by atoms with van der Waals surface area (Å²) in [5, 5.41) is 0. The van der Waals surface area contributed by atoms with Crippen LogP contribution in [0.1, 0.15) is 25.3 Å². The summed E-state index contributed by atoms with van der Waals surface area (Å²) in [5.74, 6) is 0. The molecule has 2 aromatic heterocycles. The lowest BCUT2D eigenvalue weighted by atomic mass is 9.99. The van der Waals surface area contributed by atoms with Crippen LogP contribution in [0, 0.1) is 0 Å². The lowest BCUT2D eigenvalue weighted by Gasteiger charge is -2.26. The number of pyridine rings is 2. The number of aryl methyl sites for hydroxylation is 1. The Morgan fingerprint density at radius 2 is 0.830 bits per heavy atom. The highest BCUT2D eigenvalue weighted by molar-refractivity contribution is 5.81. The van der Waals surface area contributed by atoms with Gasteiger partial charge in [-0.05, 0) is 112 Å². The van der Waals surface area contributed by atoms with Gasteiger partial charge >= 0.3 is 0 Å². The molecule has 228 valence electrons. The molecule has 0 saturated heterocycles. The molecule has 7 aromatic rings. The van der Waals surface area contributed by atoms with Crippen LogP contribution >= 0.6 is 0 Å². The van der Waals surface area contributed by atoms with E-state index in [-0.39, 0.29) is 0 Å². The number of rotatable bonds is 10. The molecule has 0 spiro atoms. The van der Waals surface area contributed by atoms with Crippen molar-refractivity contribution in [3.05, 3.63) is 176 Å². The summed E-state index contributed by atoms with van der Waals surface area (Å²) in [6.45, 7) is 2.24. The van der Waals surface area contributed by atoms with E-state index >= 15 is 0 Å². The minimum atomic E-state index is 1.11. The standard InChI is InChI=1S/C44H37N3/c1-2-3-8-33-15-21-42(22-16-33)47(43-23-17-34(18-24-43)36-9-4-11-38(29-36)40-13-6-27-45-31-40)44-25-19-35(20-26-44)37-10-5-12-39(30-37)41-14-7-28-46-32-41/h4-7,9-32H,2-3,8H2,1H3. The van der Waals surface area contributed by atoms with Gasteiger partial charge in [-0.3, -0.25) is 9.97 Å². The molecular formula is C44H37N3. The topological polar surface area (TPSA) is 29.0 Å². The molecule has 3 nitrogen and oxygen atoms in total. The number of hydrogen-bond donors (Lipinski definition) is 0. The van der Waals surface area contributed by atoms with Crippen molar-refractivity contribution in [1.82, 2.24) is 9.97 Å². The van der Waals surface area contributed by atoms with Crippen LogP contribution in [0.2, 0.25) is 0 Å². The van der Waals surface area contributed by atoms with Crippen molar-refractivity contribution >= 4 is 17.1 Å². The molecule has 0 aliphatic heterocycles. The van der Waals surface area contributed by atoms with E-state index in [9.17, 15) is 0 Å². The second-order valence-electron chi connectivity index (χ2n) is 11.8. The Bertz CT molecular complexity index is 1910. The summed E-state index contributed by atoms with van der Waals surface area (Å²) in [4.78, 5) is 10.9. The van der Waals surface area contributed by atoms with Gasteiger partial charge in [-0.15, -0.1) is 0 Å². The number of benzene rings is 5. The predicted molar refractivity (Wildman–Crippen MR) is 197 cm³/mol. The molecule has 0 radical (unpaired) electrons. The first kappa shape index (κ1) is 29.9. The molecular weight excluding hydrogens is 571 g/mol. The zero-order valence-corrected chi connectivity index (χ0v) is 26.6. The third kappa shape index (κ3) is 6.90. The molecule has 0 amide bonds. The van der Waals surface area contributed by atoms with Crippen LogP contribution in [0.25, 0.3) is 44.5 Å². The molecule has 5 aromatic carbocycles. The third-order valence-corrected chi connectivity index (χ3v) is 8.65. The van der Waals surface area contributed by atoms with E-state index in [1.165, 1.54) is 40.7 Å². The highest BCUT2D eigenvalue weighted by Gasteiger charge is 2.14. The fourth-order valence-corrected chi connectivity index (χ4v) is 6.07. The second kappa shape index (κ2) is 14.1. The van der Waals surface area contributed by atoms with Crippen LogP contribution in [-0.4, -0.2) is 9.97 Å².